The summed E-state index contributed by atoms with van der Waals surface area (Å²) in [6, 6.07) is 7.77. The number of hydrogen-bond acceptors (Lipinski definition) is 5. The molecule has 0 atom stereocenters. The molecule has 1 aliphatic rings. The Labute approximate surface area is 145 Å². The van der Waals surface area contributed by atoms with Crippen molar-refractivity contribution >= 4 is 33.6 Å². The van der Waals surface area contributed by atoms with Crippen LogP contribution in [0.25, 0.3) is 0 Å². The third-order valence-electron chi connectivity index (χ3n) is 3.30. The number of halogens is 1. The normalized spacial score (nSPS) is 16.1. The number of nitrogens with zero attached hydrogens (tertiary/aromatic N) is 2. The van der Waals surface area contributed by atoms with Crippen LogP contribution in [0.4, 0.5) is 0 Å². The lowest BCUT2D eigenvalue weighted by Gasteiger charge is -2.33. The van der Waals surface area contributed by atoms with Crippen molar-refractivity contribution < 1.29 is 28.2 Å². The number of sulfonamides is 1. The van der Waals surface area contributed by atoms with Crippen molar-refractivity contribution in [1.29, 1.82) is 0 Å². The summed E-state index contributed by atoms with van der Waals surface area (Å²) < 4.78 is 24.3. The summed E-state index contributed by atoms with van der Waals surface area (Å²) in [6.07, 6.45) is 1.27. The molecular weight excluding hydrogens is 360 g/mol. The van der Waals surface area contributed by atoms with E-state index >= 15 is 0 Å². The number of rotatable bonds is 3. The zero-order valence-electron chi connectivity index (χ0n) is 13.1. The zero-order valence-corrected chi connectivity index (χ0v) is 14.6. The Morgan fingerprint density at radius 3 is 1.88 bits per heavy atom. The summed E-state index contributed by atoms with van der Waals surface area (Å²) in [6.45, 7) is 3.54. The zero-order chi connectivity index (χ0) is 18.3. The minimum atomic E-state index is -3.04. The Kier molecular flexibility index (Phi) is 7.61. The Balaban J connectivity index is 0.000000413. The van der Waals surface area contributed by atoms with E-state index in [1.165, 1.54) is 16.1 Å². The SMILES string of the molecule is CS(=O)(=O)N1CCN(Cc2ccc(Cl)cc2)CC1.O=C(O)C(=O)O. The molecule has 0 bridgehead atoms. The molecule has 134 valence electrons. The fourth-order valence-electron chi connectivity index (χ4n) is 2.07. The molecule has 1 aliphatic heterocycles. The highest BCUT2D eigenvalue weighted by Crippen LogP contribution is 2.13. The summed E-state index contributed by atoms with van der Waals surface area (Å²) in [5.74, 6) is -3.65. The first-order valence-corrected chi connectivity index (χ1v) is 9.20. The molecule has 10 heteroatoms. The van der Waals surface area contributed by atoms with Crippen molar-refractivity contribution in [3.63, 3.8) is 0 Å². The van der Waals surface area contributed by atoms with E-state index in [0.717, 1.165) is 24.7 Å². The molecule has 1 fully saturated rings. The van der Waals surface area contributed by atoms with Gasteiger partial charge in [-0.3, -0.25) is 4.90 Å². The predicted molar refractivity (Wildman–Crippen MR) is 88.4 cm³/mol. The molecule has 2 rings (SSSR count). The van der Waals surface area contributed by atoms with Gasteiger partial charge in [-0.05, 0) is 17.7 Å². The van der Waals surface area contributed by atoms with Gasteiger partial charge in [-0.2, -0.15) is 4.31 Å². The Morgan fingerprint density at radius 1 is 1.04 bits per heavy atom. The van der Waals surface area contributed by atoms with Gasteiger partial charge < -0.3 is 10.2 Å². The summed E-state index contributed by atoms with van der Waals surface area (Å²) in [5, 5.41) is 15.5. The fourth-order valence-corrected chi connectivity index (χ4v) is 3.02. The number of carboxylic acids is 2. The van der Waals surface area contributed by atoms with Gasteiger partial charge in [0.1, 0.15) is 0 Å². The molecule has 1 heterocycles. The first-order chi connectivity index (χ1) is 11.1. The first kappa shape index (κ1) is 20.4. The van der Waals surface area contributed by atoms with Crippen molar-refractivity contribution in [2.24, 2.45) is 0 Å². The second kappa shape index (κ2) is 8.97. The third kappa shape index (κ3) is 7.26. The van der Waals surface area contributed by atoms with E-state index in [-0.39, 0.29) is 0 Å². The van der Waals surface area contributed by atoms with Gasteiger partial charge in [0.05, 0.1) is 6.26 Å². The van der Waals surface area contributed by atoms with Gasteiger partial charge in [-0.15, -0.1) is 0 Å². The number of hydrogen-bond donors (Lipinski definition) is 2. The number of benzene rings is 1. The molecule has 1 aromatic rings. The molecule has 0 spiro atoms. The number of carbonyl (C=O) groups is 2. The molecule has 1 saturated heterocycles. The van der Waals surface area contributed by atoms with Crippen molar-refractivity contribution in [1.82, 2.24) is 9.21 Å². The Hall–Kier alpha value is -1.68. The molecule has 1 aromatic carbocycles. The molecule has 24 heavy (non-hydrogen) atoms. The molecule has 0 aromatic heterocycles. The topological polar surface area (TPSA) is 115 Å². The molecule has 0 radical (unpaired) electrons. The van der Waals surface area contributed by atoms with E-state index in [9.17, 15) is 8.42 Å². The quantitative estimate of drug-likeness (QED) is 0.739. The highest BCUT2D eigenvalue weighted by atomic mass is 35.5. The predicted octanol–water partition coefficient (Wildman–Crippen LogP) is 0.573. The van der Waals surface area contributed by atoms with E-state index in [0.29, 0.717) is 13.1 Å². The lowest BCUT2D eigenvalue weighted by atomic mass is 10.2. The highest BCUT2D eigenvalue weighted by molar-refractivity contribution is 7.88. The van der Waals surface area contributed by atoms with Gasteiger partial charge >= 0.3 is 11.9 Å². The van der Waals surface area contributed by atoms with Crippen molar-refractivity contribution in [3.8, 4) is 0 Å². The first-order valence-electron chi connectivity index (χ1n) is 6.97. The van der Waals surface area contributed by atoms with Crippen molar-refractivity contribution in [2.75, 3.05) is 32.4 Å². The maximum Gasteiger partial charge on any atom is 0.414 e. The average Bonchev–Trinajstić information content (AvgIpc) is 2.50. The fraction of sp³-hybridized carbons (Fsp3) is 0.429. The molecule has 8 nitrogen and oxygen atoms in total. The van der Waals surface area contributed by atoms with E-state index in [1.54, 1.807) is 0 Å². The van der Waals surface area contributed by atoms with Crippen LogP contribution in [-0.4, -0.2) is 72.2 Å². The largest absolute Gasteiger partial charge is 0.473 e. The average molecular weight is 379 g/mol. The minimum absolute atomic E-state index is 0.576. The number of carboxylic acid groups (broad SMARTS) is 2. The second-order valence-electron chi connectivity index (χ2n) is 5.17. The standard InChI is InChI=1S/C12H17ClN2O2S.C2H2O4/c1-18(16,17)15-8-6-14(7-9-15)10-11-2-4-12(13)5-3-11;3-1(4)2(5)6/h2-5H,6-10H2,1H3;(H,3,4)(H,5,6). The lowest BCUT2D eigenvalue weighted by molar-refractivity contribution is -0.159. The van der Waals surface area contributed by atoms with Crippen molar-refractivity contribution in [3.05, 3.63) is 34.9 Å². The maximum absolute atomic E-state index is 11.4. The van der Waals surface area contributed by atoms with Gasteiger partial charge in [0.15, 0.2) is 0 Å². The van der Waals surface area contributed by atoms with Crippen LogP contribution in [0.1, 0.15) is 5.56 Å². The van der Waals surface area contributed by atoms with Crippen LogP contribution in [0, 0.1) is 0 Å². The Bertz CT molecular complexity index is 657. The second-order valence-corrected chi connectivity index (χ2v) is 7.59. The van der Waals surface area contributed by atoms with E-state index in [2.05, 4.69) is 4.90 Å². The van der Waals surface area contributed by atoms with Gasteiger partial charge in [0, 0.05) is 37.7 Å². The molecule has 2 N–H and O–H groups in total. The van der Waals surface area contributed by atoms with Gasteiger partial charge in [0.2, 0.25) is 10.0 Å². The summed E-state index contributed by atoms with van der Waals surface area (Å²) in [4.78, 5) is 20.5. The van der Waals surface area contributed by atoms with Crippen LogP contribution >= 0.6 is 11.6 Å². The maximum atomic E-state index is 11.4. The van der Waals surface area contributed by atoms with E-state index in [4.69, 9.17) is 31.4 Å². The monoisotopic (exact) mass is 378 g/mol. The van der Waals surface area contributed by atoms with Crippen LogP contribution in [0.15, 0.2) is 24.3 Å². The molecule has 0 aliphatic carbocycles. The van der Waals surface area contributed by atoms with Gasteiger partial charge in [0.25, 0.3) is 0 Å². The summed E-state index contributed by atoms with van der Waals surface area (Å²) in [7, 11) is -3.04. The molecular formula is C14H19ClN2O6S. The van der Waals surface area contributed by atoms with Crippen LogP contribution in [0.2, 0.25) is 5.02 Å². The summed E-state index contributed by atoms with van der Waals surface area (Å²) in [5.41, 5.74) is 1.20. The highest BCUT2D eigenvalue weighted by Gasteiger charge is 2.23. The van der Waals surface area contributed by atoms with Crippen LogP contribution in [-0.2, 0) is 26.2 Å². The van der Waals surface area contributed by atoms with Crippen LogP contribution < -0.4 is 0 Å². The molecule has 0 amide bonds. The Morgan fingerprint density at radius 2 is 1.50 bits per heavy atom. The van der Waals surface area contributed by atoms with E-state index in [1.807, 2.05) is 24.3 Å². The van der Waals surface area contributed by atoms with Gasteiger partial charge in [-0.25, -0.2) is 18.0 Å². The number of piperazine rings is 1. The van der Waals surface area contributed by atoms with E-state index < -0.39 is 22.0 Å². The molecule has 0 unspecified atom stereocenters. The minimum Gasteiger partial charge on any atom is -0.473 e. The lowest BCUT2D eigenvalue weighted by Crippen LogP contribution is -2.47. The van der Waals surface area contributed by atoms with Crippen LogP contribution in [0.3, 0.4) is 0 Å². The molecule has 0 saturated carbocycles. The summed E-state index contributed by atoms with van der Waals surface area (Å²) >= 11 is 5.84. The number of aliphatic carboxylic acids is 2. The van der Waals surface area contributed by atoms with Crippen molar-refractivity contribution in [2.45, 2.75) is 6.54 Å². The van der Waals surface area contributed by atoms with Crippen LogP contribution in [0.5, 0.6) is 0 Å². The third-order valence-corrected chi connectivity index (χ3v) is 4.86. The van der Waals surface area contributed by atoms with Gasteiger partial charge in [-0.1, -0.05) is 23.7 Å². The smallest absolute Gasteiger partial charge is 0.414 e.